The fraction of sp³-hybridized carbons (Fsp3) is 0.222. The van der Waals surface area contributed by atoms with E-state index in [0.717, 1.165) is 28.1 Å². The highest BCUT2D eigenvalue weighted by Crippen LogP contribution is 2.37. The first-order valence-electron chi connectivity index (χ1n) is 7.64. The molecule has 116 valence electrons. The molecular weight excluding hydrogens is 311 g/mol. The molecular formula is C18H15FN2OS. The molecule has 3 aromatic rings. The van der Waals surface area contributed by atoms with Crippen LogP contribution in [0.5, 0.6) is 0 Å². The Morgan fingerprint density at radius 2 is 2.09 bits per heavy atom. The summed E-state index contributed by atoms with van der Waals surface area (Å²) in [6.45, 7) is 0.690. The number of carbonyl (C=O) groups is 1. The molecule has 1 fully saturated rings. The molecule has 0 N–H and O–H groups in total. The molecule has 1 unspecified atom stereocenters. The Morgan fingerprint density at radius 1 is 1.22 bits per heavy atom. The molecule has 23 heavy (non-hydrogen) atoms. The van der Waals surface area contributed by atoms with E-state index in [4.69, 9.17) is 0 Å². The largest absolute Gasteiger partial charge is 0.329 e. The van der Waals surface area contributed by atoms with Crippen molar-refractivity contribution in [2.45, 2.75) is 18.9 Å². The number of halogens is 1. The summed E-state index contributed by atoms with van der Waals surface area (Å²) >= 11 is 1.63. The number of aromatic nitrogens is 1. The average molecular weight is 326 g/mol. The van der Waals surface area contributed by atoms with Gasteiger partial charge in [0.2, 0.25) is 0 Å². The van der Waals surface area contributed by atoms with Crippen molar-refractivity contribution in [1.29, 1.82) is 0 Å². The van der Waals surface area contributed by atoms with Crippen molar-refractivity contribution in [2.75, 3.05) is 6.54 Å². The summed E-state index contributed by atoms with van der Waals surface area (Å²) in [5, 5.41) is 0.966. The Kier molecular flexibility index (Phi) is 3.58. The van der Waals surface area contributed by atoms with Crippen molar-refractivity contribution in [1.82, 2.24) is 9.88 Å². The lowest BCUT2D eigenvalue weighted by molar-refractivity contribution is 0.0735. The summed E-state index contributed by atoms with van der Waals surface area (Å²) in [6.07, 6.45) is 1.85. The van der Waals surface area contributed by atoms with E-state index in [1.165, 1.54) is 12.1 Å². The van der Waals surface area contributed by atoms with Crippen molar-refractivity contribution >= 4 is 27.5 Å². The quantitative estimate of drug-likeness (QED) is 0.699. The van der Waals surface area contributed by atoms with Crippen LogP contribution in [0.2, 0.25) is 0 Å². The SMILES string of the molecule is O=C(c1cccc(F)c1)N1CCCC1c1nc2ccccc2s1. The van der Waals surface area contributed by atoms with E-state index >= 15 is 0 Å². The Hall–Kier alpha value is -2.27. The monoisotopic (exact) mass is 326 g/mol. The Labute approximate surface area is 137 Å². The van der Waals surface area contributed by atoms with Gasteiger partial charge < -0.3 is 4.90 Å². The molecule has 0 aliphatic carbocycles. The highest BCUT2D eigenvalue weighted by Gasteiger charge is 2.32. The summed E-state index contributed by atoms with van der Waals surface area (Å²) in [6, 6.07) is 13.9. The maximum atomic E-state index is 13.4. The van der Waals surface area contributed by atoms with Crippen LogP contribution in [-0.4, -0.2) is 22.3 Å². The van der Waals surface area contributed by atoms with Gasteiger partial charge in [0.25, 0.3) is 5.91 Å². The fourth-order valence-electron chi connectivity index (χ4n) is 3.09. The summed E-state index contributed by atoms with van der Waals surface area (Å²) in [5.74, 6) is -0.502. The highest BCUT2D eigenvalue weighted by molar-refractivity contribution is 7.18. The number of rotatable bonds is 2. The lowest BCUT2D eigenvalue weighted by Gasteiger charge is -2.23. The van der Waals surface area contributed by atoms with E-state index in [9.17, 15) is 9.18 Å². The number of amides is 1. The third-order valence-corrected chi connectivity index (χ3v) is 5.32. The summed E-state index contributed by atoms with van der Waals surface area (Å²) in [7, 11) is 0. The minimum atomic E-state index is -0.383. The topological polar surface area (TPSA) is 33.2 Å². The third kappa shape index (κ3) is 2.61. The van der Waals surface area contributed by atoms with Crippen molar-refractivity contribution in [3.05, 3.63) is 64.9 Å². The van der Waals surface area contributed by atoms with Gasteiger partial charge in [-0.25, -0.2) is 9.37 Å². The number of carbonyl (C=O) groups excluding carboxylic acids is 1. The Bertz CT molecular complexity index is 843. The van der Waals surface area contributed by atoms with Crippen LogP contribution >= 0.6 is 11.3 Å². The van der Waals surface area contributed by atoms with Crippen molar-refractivity contribution in [3.63, 3.8) is 0 Å². The van der Waals surface area contributed by atoms with Crippen molar-refractivity contribution < 1.29 is 9.18 Å². The van der Waals surface area contributed by atoms with Gasteiger partial charge in [-0.2, -0.15) is 0 Å². The first-order chi connectivity index (χ1) is 11.2. The molecule has 2 aromatic carbocycles. The van der Waals surface area contributed by atoms with E-state index in [1.54, 1.807) is 23.5 Å². The predicted molar refractivity (Wildman–Crippen MR) is 89.0 cm³/mol. The highest BCUT2D eigenvalue weighted by atomic mass is 32.1. The number of hydrogen-bond donors (Lipinski definition) is 0. The summed E-state index contributed by atoms with van der Waals surface area (Å²) < 4.78 is 14.5. The van der Waals surface area contributed by atoms with Crippen molar-refractivity contribution in [2.24, 2.45) is 0 Å². The van der Waals surface area contributed by atoms with E-state index in [-0.39, 0.29) is 17.8 Å². The molecule has 5 heteroatoms. The van der Waals surface area contributed by atoms with Gasteiger partial charge in [-0.1, -0.05) is 18.2 Å². The smallest absolute Gasteiger partial charge is 0.254 e. The maximum Gasteiger partial charge on any atom is 0.254 e. The van der Waals surface area contributed by atoms with Crippen LogP contribution in [0.25, 0.3) is 10.2 Å². The lowest BCUT2D eigenvalue weighted by Crippen LogP contribution is -2.30. The van der Waals surface area contributed by atoms with Gasteiger partial charge in [0, 0.05) is 12.1 Å². The average Bonchev–Trinajstić information content (AvgIpc) is 3.20. The number of benzene rings is 2. The van der Waals surface area contributed by atoms with E-state index < -0.39 is 0 Å². The molecule has 1 amide bonds. The fourth-order valence-corrected chi connectivity index (χ4v) is 4.20. The molecule has 0 saturated carbocycles. The van der Waals surface area contributed by atoms with Gasteiger partial charge in [-0.3, -0.25) is 4.79 Å². The zero-order valence-corrected chi connectivity index (χ0v) is 13.2. The maximum absolute atomic E-state index is 13.4. The van der Waals surface area contributed by atoms with Gasteiger partial charge in [0.05, 0.1) is 16.3 Å². The number of nitrogens with zero attached hydrogens (tertiary/aromatic N) is 2. The second-order valence-electron chi connectivity index (χ2n) is 5.69. The molecule has 1 aliphatic heterocycles. The van der Waals surface area contributed by atoms with E-state index in [1.807, 2.05) is 29.2 Å². The molecule has 1 aromatic heterocycles. The van der Waals surface area contributed by atoms with Crippen LogP contribution in [0, 0.1) is 5.82 Å². The summed E-state index contributed by atoms with van der Waals surface area (Å²) in [5.41, 5.74) is 1.37. The second-order valence-corrected chi connectivity index (χ2v) is 6.75. The molecule has 1 aliphatic rings. The molecule has 2 heterocycles. The minimum Gasteiger partial charge on any atom is -0.329 e. The van der Waals surface area contributed by atoms with E-state index in [0.29, 0.717) is 12.1 Å². The molecule has 4 rings (SSSR count). The number of hydrogen-bond acceptors (Lipinski definition) is 3. The van der Waals surface area contributed by atoms with Gasteiger partial charge in [-0.05, 0) is 43.2 Å². The Balaban J connectivity index is 1.67. The molecule has 3 nitrogen and oxygen atoms in total. The normalized spacial score (nSPS) is 17.8. The van der Waals surface area contributed by atoms with Crippen LogP contribution in [0.15, 0.2) is 48.5 Å². The van der Waals surface area contributed by atoms with Gasteiger partial charge in [0.1, 0.15) is 10.8 Å². The first-order valence-corrected chi connectivity index (χ1v) is 8.46. The Morgan fingerprint density at radius 3 is 2.91 bits per heavy atom. The van der Waals surface area contributed by atoms with Crippen LogP contribution < -0.4 is 0 Å². The van der Waals surface area contributed by atoms with Crippen molar-refractivity contribution in [3.8, 4) is 0 Å². The number of para-hydroxylation sites is 1. The zero-order chi connectivity index (χ0) is 15.8. The number of fused-ring (bicyclic) bond motifs is 1. The van der Waals surface area contributed by atoms with Gasteiger partial charge >= 0.3 is 0 Å². The van der Waals surface area contributed by atoms with Gasteiger partial charge in [0.15, 0.2) is 0 Å². The molecule has 0 spiro atoms. The van der Waals surface area contributed by atoms with Crippen LogP contribution in [0.3, 0.4) is 0 Å². The summed E-state index contributed by atoms with van der Waals surface area (Å²) in [4.78, 5) is 19.2. The third-order valence-electron chi connectivity index (χ3n) is 4.18. The molecule has 0 bridgehead atoms. The van der Waals surface area contributed by atoms with Gasteiger partial charge in [-0.15, -0.1) is 11.3 Å². The first kappa shape index (κ1) is 14.3. The number of likely N-dealkylation sites (tertiary alicyclic amines) is 1. The molecule has 1 atom stereocenters. The second kappa shape index (κ2) is 5.74. The van der Waals surface area contributed by atoms with Crippen LogP contribution in [-0.2, 0) is 0 Å². The van der Waals surface area contributed by atoms with E-state index in [2.05, 4.69) is 4.98 Å². The van der Waals surface area contributed by atoms with Crippen LogP contribution in [0.1, 0.15) is 34.2 Å². The zero-order valence-electron chi connectivity index (χ0n) is 12.4. The predicted octanol–water partition coefficient (Wildman–Crippen LogP) is 4.41. The lowest BCUT2D eigenvalue weighted by atomic mass is 10.1. The number of thiazole rings is 1. The van der Waals surface area contributed by atoms with Crippen LogP contribution in [0.4, 0.5) is 4.39 Å². The molecule has 0 radical (unpaired) electrons. The standard InChI is InChI=1S/C18H15FN2OS/c19-13-6-3-5-12(11-13)18(22)21-10-4-8-15(21)17-20-14-7-1-2-9-16(14)23-17/h1-3,5-7,9,11,15H,4,8,10H2. The molecule has 1 saturated heterocycles. The minimum absolute atomic E-state index is 0.0110.